The van der Waals surface area contributed by atoms with E-state index in [1.54, 1.807) is 40.7 Å². The molecule has 1 fully saturated rings. The first kappa shape index (κ1) is 19.4. The maximum Gasteiger partial charge on any atom is 0.247 e. The van der Waals surface area contributed by atoms with Gasteiger partial charge in [0.1, 0.15) is 22.6 Å². The van der Waals surface area contributed by atoms with E-state index in [0.717, 1.165) is 6.54 Å². The van der Waals surface area contributed by atoms with Crippen LogP contribution in [-0.2, 0) is 16.6 Å². The van der Waals surface area contributed by atoms with Crippen LogP contribution in [0.1, 0.15) is 25.3 Å². The van der Waals surface area contributed by atoms with Crippen molar-refractivity contribution in [2.24, 2.45) is 0 Å². The number of fused-ring (bicyclic) bond motifs is 2. The molecule has 0 unspecified atom stereocenters. The fourth-order valence-electron chi connectivity index (χ4n) is 4.24. The van der Waals surface area contributed by atoms with Gasteiger partial charge in [-0.3, -0.25) is 4.90 Å². The molecule has 0 amide bonds. The maximum absolute atomic E-state index is 14.0. The third-order valence-corrected chi connectivity index (χ3v) is 7.69. The zero-order chi connectivity index (χ0) is 19.7. The molecule has 2 aliphatic rings. The third kappa shape index (κ3) is 3.54. The molecule has 28 heavy (non-hydrogen) atoms. The first-order valence-electron chi connectivity index (χ1n) is 9.74. The van der Waals surface area contributed by atoms with Crippen molar-refractivity contribution < 1.29 is 17.5 Å². The Hall–Kier alpha value is -1.96. The predicted molar refractivity (Wildman–Crippen MR) is 105 cm³/mol. The van der Waals surface area contributed by atoms with Gasteiger partial charge in [0, 0.05) is 31.7 Å². The highest BCUT2D eigenvalue weighted by atomic mass is 32.2. The minimum atomic E-state index is -3.61. The second-order valence-corrected chi connectivity index (χ2v) is 9.18. The normalized spacial score (nSPS) is 25.1. The standard InChI is InChI=1S/C21H25FN2O3S/c1-2-24-18-11-13-23(15-16-7-3-4-8-17(16)22)14-12-19(18)27-20-9-5-6-10-21(20)28(24,25)26/h3-10,18-19H,2,11-15H2,1H3/t18-,19-/m0/s1. The minimum Gasteiger partial charge on any atom is -0.487 e. The summed E-state index contributed by atoms with van der Waals surface area (Å²) >= 11 is 0. The molecule has 0 aliphatic carbocycles. The third-order valence-electron chi connectivity index (χ3n) is 5.65. The van der Waals surface area contributed by atoms with Crippen molar-refractivity contribution >= 4 is 10.0 Å². The van der Waals surface area contributed by atoms with E-state index >= 15 is 0 Å². The van der Waals surface area contributed by atoms with Crippen molar-refractivity contribution in [2.75, 3.05) is 19.6 Å². The van der Waals surface area contributed by atoms with Crippen LogP contribution in [0.25, 0.3) is 0 Å². The Morgan fingerprint density at radius 1 is 1.07 bits per heavy atom. The largest absolute Gasteiger partial charge is 0.487 e. The van der Waals surface area contributed by atoms with Crippen LogP contribution >= 0.6 is 0 Å². The molecule has 0 aromatic heterocycles. The Balaban J connectivity index is 1.61. The molecule has 0 saturated carbocycles. The fraction of sp³-hybridized carbons (Fsp3) is 0.429. The summed E-state index contributed by atoms with van der Waals surface area (Å²) < 4.78 is 48.3. The second-order valence-electron chi connectivity index (χ2n) is 7.32. The molecule has 2 heterocycles. The number of halogens is 1. The highest BCUT2D eigenvalue weighted by Crippen LogP contribution is 2.36. The monoisotopic (exact) mass is 404 g/mol. The van der Waals surface area contributed by atoms with Gasteiger partial charge < -0.3 is 4.74 Å². The van der Waals surface area contributed by atoms with E-state index in [4.69, 9.17) is 4.74 Å². The molecule has 7 heteroatoms. The molecule has 0 radical (unpaired) electrons. The van der Waals surface area contributed by atoms with Gasteiger partial charge in [-0.05, 0) is 31.0 Å². The fourth-order valence-corrected chi connectivity index (χ4v) is 6.05. The van der Waals surface area contributed by atoms with Crippen LogP contribution < -0.4 is 4.74 Å². The summed E-state index contributed by atoms with van der Waals surface area (Å²) in [5.41, 5.74) is 0.663. The van der Waals surface area contributed by atoms with Crippen LogP contribution in [0, 0.1) is 5.82 Å². The summed E-state index contributed by atoms with van der Waals surface area (Å²) in [6.45, 7) is 4.21. The summed E-state index contributed by atoms with van der Waals surface area (Å²) in [6.07, 6.45) is 1.13. The average Bonchev–Trinajstić information content (AvgIpc) is 2.92. The molecule has 1 saturated heterocycles. The van der Waals surface area contributed by atoms with E-state index in [-0.39, 0.29) is 22.9 Å². The Labute approximate surface area is 165 Å². The second kappa shape index (κ2) is 7.81. The first-order valence-corrected chi connectivity index (χ1v) is 11.2. The number of likely N-dealkylation sites (tertiary alicyclic amines) is 1. The van der Waals surface area contributed by atoms with Gasteiger partial charge in [0.05, 0.1) is 6.04 Å². The van der Waals surface area contributed by atoms with Crippen LogP contribution in [-0.4, -0.2) is 49.4 Å². The highest BCUT2D eigenvalue weighted by molar-refractivity contribution is 7.89. The van der Waals surface area contributed by atoms with Gasteiger partial charge in [-0.15, -0.1) is 0 Å². The lowest BCUT2D eigenvalue weighted by Gasteiger charge is -2.30. The summed E-state index contributed by atoms with van der Waals surface area (Å²) in [4.78, 5) is 2.43. The Morgan fingerprint density at radius 2 is 1.79 bits per heavy atom. The van der Waals surface area contributed by atoms with Crippen LogP contribution in [0.15, 0.2) is 53.4 Å². The van der Waals surface area contributed by atoms with Crippen LogP contribution in [0.4, 0.5) is 4.39 Å². The number of nitrogens with zero attached hydrogens (tertiary/aromatic N) is 2. The molecule has 2 atom stereocenters. The summed E-state index contributed by atoms with van der Waals surface area (Å²) in [7, 11) is -3.61. The minimum absolute atomic E-state index is 0.205. The average molecular weight is 405 g/mol. The lowest BCUT2D eigenvalue weighted by molar-refractivity contribution is 0.115. The van der Waals surface area contributed by atoms with E-state index in [0.29, 0.717) is 43.8 Å². The molecule has 4 rings (SSSR count). The molecular formula is C21H25FN2O3S. The van der Waals surface area contributed by atoms with Gasteiger partial charge >= 0.3 is 0 Å². The van der Waals surface area contributed by atoms with Gasteiger partial charge in [0.25, 0.3) is 0 Å². The van der Waals surface area contributed by atoms with Gasteiger partial charge in [-0.25, -0.2) is 12.8 Å². The molecule has 0 spiro atoms. The smallest absolute Gasteiger partial charge is 0.247 e. The number of sulfonamides is 1. The SMILES string of the molecule is CCN1[C@H]2CCN(Cc3ccccc3F)CC[C@@H]2Oc2ccccc2S1(=O)=O. The van der Waals surface area contributed by atoms with Crippen molar-refractivity contribution in [1.82, 2.24) is 9.21 Å². The van der Waals surface area contributed by atoms with E-state index in [9.17, 15) is 12.8 Å². The molecule has 0 bridgehead atoms. The van der Waals surface area contributed by atoms with Crippen LogP contribution in [0.5, 0.6) is 5.75 Å². The number of rotatable bonds is 3. The lowest BCUT2D eigenvalue weighted by Crippen LogP contribution is -2.46. The van der Waals surface area contributed by atoms with Crippen molar-refractivity contribution in [3.63, 3.8) is 0 Å². The van der Waals surface area contributed by atoms with E-state index in [2.05, 4.69) is 4.90 Å². The van der Waals surface area contributed by atoms with Crippen molar-refractivity contribution in [2.45, 2.75) is 43.4 Å². The quantitative estimate of drug-likeness (QED) is 0.788. The molecule has 2 aliphatic heterocycles. The van der Waals surface area contributed by atoms with Crippen LogP contribution in [0.2, 0.25) is 0 Å². The summed E-state index contributed by atoms with van der Waals surface area (Å²) in [5, 5.41) is 0. The summed E-state index contributed by atoms with van der Waals surface area (Å²) in [5.74, 6) is 0.222. The first-order chi connectivity index (χ1) is 13.5. The molecule has 5 nitrogen and oxygen atoms in total. The van der Waals surface area contributed by atoms with Crippen LogP contribution in [0.3, 0.4) is 0 Å². The van der Waals surface area contributed by atoms with Gasteiger partial charge in [0.15, 0.2) is 0 Å². The zero-order valence-electron chi connectivity index (χ0n) is 15.9. The van der Waals surface area contributed by atoms with Crippen molar-refractivity contribution in [3.05, 3.63) is 59.9 Å². The molecule has 0 N–H and O–H groups in total. The molecule has 2 aromatic carbocycles. The van der Waals surface area contributed by atoms with Gasteiger partial charge in [-0.1, -0.05) is 37.3 Å². The Kier molecular flexibility index (Phi) is 5.40. The molecular weight excluding hydrogens is 379 g/mol. The predicted octanol–water partition coefficient (Wildman–Crippen LogP) is 3.26. The molecule has 2 aromatic rings. The zero-order valence-corrected chi connectivity index (χ0v) is 16.7. The van der Waals surface area contributed by atoms with Crippen molar-refractivity contribution in [3.8, 4) is 5.75 Å². The topological polar surface area (TPSA) is 49.9 Å². The van der Waals surface area contributed by atoms with Gasteiger partial charge in [-0.2, -0.15) is 4.31 Å². The van der Waals surface area contributed by atoms with E-state index < -0.39 is 10.0 Å². The number of likely N-dealkylation sites (N-methyl/N-ethyl adjacent to an activating group) is 1. The lowest BCUT2D eigenvalue weighted by atomic mass is 10.1. The Morgan fingerprint density at radius 3 is 2.57 bits per heavy atom. The maximum atomic E-state index is 14.0. The number of hydrogen-bond donors (Lipinski definition) is 0. The number of para-hydroxylation sites is 1. The highest BCUT2D eigenvalue weighted by Gasteiger charge is 2.42. The molecule has 150 valence electrons. The van der Waals surface area contributed by atoms with E-state index in [1.165, 1.54) is 6.07 Å². The number of hydrogen-bond acceptors (Lipinski definition) is 4. The number of ether oxygens (including phenoxy) is 1. The van der Waals surface area contributed by atoms with E-state index in [1.807, 2.05) is 13.0 Å². The van der Waals surface area contributed by atoms with Gasteiger partial charge in [0.2, 0.25) is 10.0 Å². The van der Waals surface area contributed by atoms with Crippen molar-refractivity contribution in [1.29, 1.82) is 0 Å². The number of benzene rings is 2. The Bertz CT molecular complexity index is 950. The summed E-state index contributed by atoms with van der Waals surface area (Å²) in [6, 6.07) is 13.4.